The number of aromatic nitrogens is 1. The Morgan fingerprint density at radius 2 is 1.54 bits per heavy atom. The Hall–Kier alpha value is -2.87. The third-order valence-corrected chi connectivity index (χ3v) is 4.99. The molecule has 0 fully saturated rings. The monoisotopic (exact) mass is 343 g/mol. The van der Waals surface area contributed by atoms with Crippen LogP contribution in [-0.4, -0.2) is 10.4 Å². The lowest BCUT2D eigenvalue weighted by atomic mass is 9.98. The van der Waals surface area contributed by atoms with Gasteiger partial charge in [0.25, 0.3) is 0 Å². The van der Waals surface area contributed by atoms with Gasteiger partial charge in [-0.05, 0) is 56.7 Å². The molecule has 0 aliphatic rings. The molecule has 1 heterocycles. The van der Waals surface area contributed by atoms with E-state index in [-0.39, 0.29) is 13.2 Å². The maximum absolute atomic E-state index is 13.0. The standard InChI is InChI=1S/C23H21NO.CH4/c1-4-24-21-11-9-15(2)13-19(21)20-14-17(10-12-22(20)24)23(25)18-8-6-5-7-16(18)3;/h5-14H,4H2,1-3H3;1H4. The first-order chi connectivity index (χ1) is 12.1. The highest BCUT2D eigenvalue weighted by Gasteiger charge is 2.15. The maximum Gasteiger partial charge on any atom is 0.193 e. The number of benzene rings is 3. The molecule has 4 aromatic rings. The van der Waals surface area contributed by atoms with Crippen LogP contribution in [0.1, 0.15) is 41.4 Å². The average Bonchev–Trinajstić information content (AvgIpc) is 2.93. The van der Waals surface area contributed by atoms with Gasteiger partial charge in [-0.3, -0.25) is 4.79 Å². The Morgan fingerprint density at radius 1 is 0.885 bits per heavy atom. The van der Waals surface area contributed by atoms with E-state index in [0.717, 1.165) is 28.6 Å². The molecule has 4 rings (SSSR count). The quantitative estimate of drug-likeness (QED) is 0.400. The summed E-state index contributed by atoms with van der Waals surface area (Å²) in [7, 11) is 0. The van der Waals surface area contributed by atoms with Gasteiger partial charge in [0.05, 0.1) is 0 Å². The number of nitrogens with zero attached hydrogens (tertiary/aromatic N) is 1. The van der Waals surface area contributed by atoms with Crippen LogP contribution in [0.5, 0.6) is 0 Å². The zero-order chi connectivity index (χ0) is 17.6. The smallest absolute Gasteiger partial charge is 0.193 e. The van der Waals surface area contributed by atoms with Gasteiger partial charge in [0.2, 0.25) is 0 Å². The second-order valence-corrected chi connectivity index (χ2v) is 6.64. The lowest BCUT2D eigenvalue weighted by Gasteiger charge is -2.06. The van der Waals surface area contributed by atoms with E-state index in [1.54, 1.807) is 0 Å². The normalized spacial score (nSPS) is 10.9. The number of aryl methyl sites for hydroxylation is 3. The van der Waals surface area contributed by atoms with Gasteiger partial charge < -0.3 is 4.57 Å². The van der Waals surface area contributed by atoms with E-state index < -0.39 is 0 Å². The highest BCUT2D eigenvalue weighted by Crippen LogP contribution is 2.31. The highest BCUT2D eigenvalue weighted by atomic mass is 16.1. The van der Waals surface area contributed by atoms with Crippen molar-refractivity contribution in [2.24, 2.45) is 0 Å². The van der Waals surface area contributed by atoms with Crippen LogP contribution < -0.4 is 0 Å². The number of fused-ring (bicyclic) bond motifs is 3. The molecule has 0 radical (unpaired) electrons. The summed E-state index contributed by atoms with van der Waals surface area (Å²) in [6.07, 6.45) is 0. The lowest BCUT2D eigenvalue weighted by Crippen LogP contribution is -2.03. The second kappa shape index (κ2) is 6.80. The Morgan fingerprint density at radius 3 is 2.23 bits per heavy atom. The number of hydrogen-bond acceptors (Lipinski definition) is 1. The molecule has 0 unspecified atom stereocenters. The minimum Gasteiger partial charge on any atom is -0.341 e. The van der Waals surface area contributed by atoms with E-state index in [1.165, 1.54) is 22.0 Å². The molecule has 0 aliphatic carbocycles. The molecule has 0 saturated heterocycles. The van der Waals surface area contributed by atoms with Crippen LogP contribution in [0, 0.1) is 13.8 Å². The second-order valence-electron chi connectivity index (χ2n) is 6.64. The van der Waals surface area contributed by atoms with Crippen molar-refractivity contribution < 1.29 is 4.79 Å². The molecule has 0 bridgehead atoms. The van der Waals surface area contributed by atoms with Crippen molar-refractivity contribution in [3.8, 4) is 0 Å². The number of hydrogen-bond donors (Lipinski definition) is 0. The molecule has 2 heteroatoms. The largest absolute Gasteiger partial charge is 0.341 e. The van der Waals surface area contributed by atoms with Crippen molar-refractivity contribution in [3.63, 3.8) is 0 Å². The molecule has 0 amide bonds. The van der Waals surface area contributed by atoms with Gasteiger partial charge in [0.15, 0.2) is 5.78 Å². The van der Waals surface area contributed by atoms with Crippen LogP contribution in [0.4, 0.5) is 0 Å². The summed E-state index contributed by atoms with van der Waals surface area (Å²) in [5.41, 5.74) is 6.18. The molecular weight excluding hydrogens is 318 g/mol. The van der Waals surface area contributed by atoms with Gasteiger partial charge >= 0.3 is 0 Å². The molecule has 1 aromatic heterocycles. The van der Waals surface area contributed by atoms with Crippen molar-refractivity contribution in [2.75, 3.05) is 0 Å². The van der Waals surface area contributed by atoms with E-state index in [0.29, 0.717) is 0 Å². The first-order valence-corrected chi connectivity index (χ1v) is 8.73. The van der Waals surface area contributed by atoms with Crippen molar-refractivity contribution in [3.05, 3.63) is 82.9 Å². The SMILES string of the molecule is C.CCn1c2ccc(C)cc2c2cc(C(=O)c3ccccc3C)ccc21. The molecule has 0 aliphatic heterocycles. The summed E-state index contributed by atoms with van der Waals surface area (Å²) in [4.78, 5) is 13.0. The van der Waals surface area contributed by atoms with Gasteiger partial charge in [0.1, 0.15) is 0 Å². The Bertz CT molecular complexity index is 1120. The summed E-state index contributed by atoms with van der Waals surface area (Å²) in [6, 6.07) is 20.4. The Kier molecular flexibility index (Phi) is 4.69. The molecule has 132 valence electrons. The van der Waals surface area contributed by atoms with Crippen molar-refractivity contribution >= 4 is 27.6 Å². The highest BCUT2D eigenvalue weighted by molar-refractivity contribution is 6.15. The van der Waals surface area contributed by atoms with E-state index in [9.17, 15) is 4.79 Å². The minimum atomic E-state index is 0. The Labute approximate surface area is 155 Å². The van der Waals surface area contributed by atoms with Crippen LogP contribution in [-0.2, 0) is 6.54 Å². The van der Waals surface area contributed by atoms with Crippen LogP contribution in [0.2, 0.25) is 0 Å². The molecule has 0 saturated carbocycles. The van der Waals surface area contributed by atoms with Crippen molar-refractivity contribution in [1.29, 1.82) is 0 Å². The average molecular weight is 343 g/mol. The van der Waals surface area contributed by atoms with Gasteiger partial charge in [-0.15, -0.1) is 0 Å². The van der Waals surface area contributed by atoms with Crippen LogP contribution in [0.25, 0.3) is 21.8 Å². The minimum absolute atomic E-state index is 0. The predicted octanol–water partition coefficient (Wildman–Crippen LogP) is 6.30. The molecule has 0 N–H and O–H groups in total. The molecular formula is C24H25NO. The zero-order valence-corrected chi connectivity index (χ0v) is 14.8. The molecule has 3 aromatic carbocycles. The fourth-order valence-electron chi connectivity index (χ4n) is 3.68. The number of carbonyl (C=O) groups excluding carboxylic acids is 1. The third kappa shape index (κ3) is 2.72. The van der Waals surface area contributed by atoms with E-state index >= 15 is 0 Å². The van der Waals surface area contributed by atoms with Gasteiger partial charge in [-0.25, -0.2) is 0 Å². The van der Waals surface area contributed by atoms with E-state index in [4.69, 9.17) is 0 Å². The number of carbonyl (C=O) groups is 1. The predicted molar refractivity (Wildman–Crippen MR) is 111 cm³/mol. The zero-order valence-electron chi connectivity index (χ0n) is 14.8. The fraction of sp³-hybridized carbons (Fsp3) is 0.208. The van der Waals surface area contributed by atoms with Gasteiger partial charge in [0, 0.05) is 39.5 Å². The summed E-state index contributed by atoms with van der Waals surface area (Å²) >= 11 is 0. The lowest BCUT2D eigenvalue weighted by molar-refractivity contribution is 0.103. The topological polar surface area (TPSA) is 22.0 Å². The molecule has 26 heavy (non-hydrogen) atoms. The fourth-order valence-corrected chi connectivity index (χ4v) is 3.68. The van der Waals surface area contributed by atoms with Crippen molar-refractivity contribution in [1.82, 2.24) is 4.57 Å². The summed E-state index contributed by atoms with van der Waals surface area (Å²) < 4.78 is 2.31. The number of ketones is 1. The van der Waals surface area contributed by atoms with Gasteiger partial charge in [-0.2, -0.15) is 0 Å². The first-order valence-electron chi connectivity index (χ1n) is 8.73. The number of rotatable bonds is 3. The first kappa shape index (κ1) is 17.9. The van der Waals surface area contributed by atoms with Gasteiger partial charge in [-0.1, -0.05) is 43.3 Å². The van der Waals surface area contributed by atoms with Crippen LogP contribution >= 0.6 is 0 Å². The molecule has 0 spiro atoms. The Balaban J connectivity index is 0.00000196. The molecule has 2 nitrogen and oxygen atoms in total. The maximum atomic E-state index is 13.0. The van der Waals surface area contributed by atoms with E-state index in [2.05, 4.69) is 48.7 Å². The van der Waals surface area contributed by atoms with E-state index in [1.807, 2.05) is 37.3 Å². The summed E-state index contributed by atoms with van der Waals surface area (Å²) in [6.45, 7) is 7.16. The summed E-state index contributed by atoms with van der Waals surface area (Å²) in [5, 5.41) is 2.37. The van der Waals surface area contributed by atoms with Crippen molar-refractivity contribution in [2.45, 2.75) is 34.7 Å². The summed E-state index contributed by atoms with van der Waals surface area (Å²) in [5.74, 6) is 0.0880. The van der Waals surface area contributed by atoms with Crippen LogP contribution in [0.3, 0.4) is 0 Å². The molecule has 0 atom stereocenters. The third-order valence-electron chi connectivity index (χ3n) is 4.99. The van der Waals surface area contributed by atoms with Crippen LogP contribution in [0.15, 0.2) is 60.7 Å².